The second-order valence-electron chi connectivity index (χ2n) is 7.94. The molecule has 6 rings (SSSR count). The quantitative estimate of drug-likeness (QED) is 0.267. The zero-order valence-electron chi connectivity index (χ0n) is 14.8. The van der Waals surface area contributed by atoms with E-state index in [9.17, 15) is 19.2 Å². The number of amides is 2. The monoisotopic (exact) mass is 365 g/mol. The van der Waals surface area contributed by atoms with Gasteiger partial charge in [0.2, 0.25) is 11.8 Å². The first-order valence-corrected chi connectivity index (χ1v) is 9.31. The van der Waals surface area contributed by atoms with E-state index in [0.717, 1.165) is 11.3 Å². The number of ketones is 1. The predicted molar refractivity (Wildman–Crippen MR) is 93.5 cm³/mol. The van der Waals surface area contributed by atoms with Crippen LogP contribution in [-0.2, 0) is 14.4 Å². The highest BCUT2D eigenvalue weighted by atomic mass is 16.5. The van der Waals surface area contributed by atoms with E-state index in [4.69, 9.17) is 4.74 Å². The molecule has 2 bridgehead atoms. The van der Waals surface area contributed by atoms with E-state index in [1.165, 1.54) is 13.0 Å². The topological polar surface area (TPSA) is 80.8 Å². The third kappa shape index (κ3) is 2.32. The minimum atomic E-state index is -0.713. The van der Waals surface area contributed by atoms with Gasteiger partial charge in [-0.1, -0.05) is 24.3 Å². The maximum absolute atomic E-state index is 12.9. The highest BCUT2D eigenvalue weighted by molar-refractivity contribution is 6.08. The van der Waals surface area contributed by atoms with Gasteiger partial charge in [-0.2, -0.15) is 0 Å². The van der Waals surface area contributed by atoms with Crippen LogP contribution in [0, 0.1) is 35.5 Å². The van der Waals surface area contributed by atoms with Crippen LogP contribution in [0.4, 0.5) is 0 Å². The van der Waals surface area contributed by atoms with Gasteiger partial charge in [-0.25, -0.2) is 4.79 Å². The molecule has 1 saturated heterocycles. The fourth-order valence-electron chi connectivity index (χ4n) is 5.31. The molecule has 1 aliphatic heterocycles. The minimum Gasteiger partial charge on any atom is -0.424 e. The summed E-state index contributed by atoms with van der Waals surface area (Å²) in [6, 6.07) is 6.44. The zero-order chi connectivity index (χ0) is 18.9. The standard InChI is InChI=1S/C21H19NO5/c1-10(23)11-4-2-3-5-16(11)27-17(24)9-22-20(25)18-12-6-7-13(15-8-14(12)15)19(18)21(22)26/h2-7,12-15,18-19H,8-9H2,1H3/t12-,13-,14-,15+,18+,19-/m1/s1. The number of allylic oxidation sites excluding steroid dienone is 2. The van der Waals surface area contributed by atoms with E-state index >= 15 is 0 Å². The Bertz CT molecular complexity index is 883. The summed E-state index contributed by atoms with van der Waals surface area (Å²) in [5.41, 5.74) is 0.293. The average molecular weight is 365 g/mol. The van der Waals surface area contributed by atoms with Crippen LogP contribution < -0.4 is 4.74 Å². The largest absolute Gasteiger partial charge is 0.424 e. The van der Waals surface area contributed by atoms with Crippen LogP contribution in [0.5, 0.6) is 5.75 Å². The minimum absolute atomic E-state index is 0.126. The maximum atomic E-state index is 12.9. The Labute approximate surface area is 156 Å². The van der Waals surface area contributed by atoms with Crippen molar-refractivity contribution in [2.45, 2.75) is 13.3 Å². The summed E-state index contributed by atoms with van der Waals surface area (Å²) >= 11 is 0. The molecule has 27 heavy (non-hydrogen) atoms. The second-order valence-corrected chi connectivity index (χ2v) is 7.94. The summed E-state index contributed by atoms with van der Waals surface area (Å²) in [6.07, 6.45) is 5.28. The van der Waals surface area contributed by atoms with Gasteiger partial charge in [0, 0.05) is 0 Å². The molecule has 0 N–H and O–H groups in total. The van der Waals surface area contributed by atoms with E-state index in [2.05, 4.69) is 12.2 Å². The SMILES string of the molecule is CC(=O)c1ccccc1OC(=O)CN1C(=O)[C@@H]2[C@@H]3C=C[C@H]([C@H]4C[C@@H]34)[C@@H]2C1=O. The van der Waals surface area contributed by atoms with Crippen LogP contribution in [0.2, 0.25) is 0 Å². The highest BCUT2D eigenvalue weighted by Crippen LogP contribution is 2.65. The number of hydrogen-bond donors (Lipinski definition) is 0. The van der Waals surface area contributed by atoms with E-state index < -0.39 is 12.5 Å². The van der Waals surface area contributed by atoms with Gasteiger partial charge in [0.05, 0.1) is 17.4 Å². The fourth-order valence-corrected chi connectivity index (χ4v) is 5.31. The Kier molecular flexibility index (Phi) is 3.41. The lowest BCUT2D eigenvalue weighted by Gasteiger charge is -2.37. The van der Waals surface area contributed by atoms with Crippen LogP contribution in [-0.4, -0.2) is 35.0 Å². The number of benzene rings is 1. The number of hydrogen-bond acceptors (Lipinski definition) is 5. The number of ether oxygens (including phenoxy) is 1. The first kappa shape index (κ1) is 16.4. The number of imide groups is 1. The van der Waals surface area contributed by atoms with E-state index in [1.54, 1.807) is 18.2 Å². The zero-order valence-corrected chi connectivity index (χ0v) is 14.8. The first-order chi connectivity index (χ1) is 13.0. The number of rotatable bonds is 4. The average Bonchev–Trinajstić information content (AvgIpc) is 3.43. The van der Waals surface area contributed by atoms with Crippen molar-refractivity contribution >= 4 is 23.6 Å². The number of para-hydroxylation sites is 1. The van der Waals surface area contributed by atoms with Crippen molar-refractivity contribution in [1.29, 1.82) is 0 Å². The van der Waals surface area contributed by atoms with Gasteiger partial charge in [0.25, 0.3) is 0 Å². The molecule has 1 aromatic rings. The molecule has 0 unspecified atom stereocenters. The molecule has 1 heterocycles. The van der Waals surface area contributed by atoms with Crippen LogP contribution in [0.15, 0.2) is 36.4 Å². The third-order valence-electron chi connectivity index (χ3n) is 6.53. The molecular formula is C21H19NO5. The lowest BCUT2D eigenvalue weighted by molar-refractivity contribution is -0.148. The molecule has 3 fully saturated rings. The van der Waals surface area contributed by atoms with Crippen molar-refractivity contribution in [3.8, 4) is 5.75 Å². The summed E-state index contributed by atoms with van der Waals surface area (Å²) in [4.78, 5) is 50.9. The van der Waals surface area contributed by atoms with E-state index in [0.29, 0.717) is 17.4 Å². The van der Waals surface area contributed by atoms with Gasteiger partial charge in [0.1, 0.15) is 12.3 Å². The molecule has 4 aliphatic carbocycles. The highest BCUT2D eigenvalue weighted by Gasteiger charge is 2.67. The molecular weight excluding hydrogens is 346 g/mol. The number of esters is 1. The van der Waals surface area contributed by atoms with Crippen LogP contribution in [0.25, 0.3) is 0 Å². The van der Waals surface area contributed by atoms with E-state index in [-0.39, 0.29) is 47.0 Å². The summed E-state index contributed by atoms with van der Waals surface area (Å²) in [5, 5.41) is 0. The Hall–Kier alpha value is -2.76. The Balaban J connectivity index is 1.34. The van der Waals surface area contributed by atoms with Crippen LogP contribution in [0.1, 0.15) is 23.7 Å². The van der Waals surface area contributed by atoms with Crippen LogP contribution >= 0.6 is 0 Å². The van der Waals surface area contributed by atoms with E-state index in [1.807, 2.05) is 0 Å². The van der Waals surface area contributed by atoms with Crippen molar-refractivity contribution in [2.75, 3.05) is 6.54 Å². The summed E-state index contributed by atoms with van der Waals surface area (Å²) in [6.45, 7) is 0.977. The molecule has 0 radical (unpaired) electrons. The summed E-state index contributed by atoms with van der Waals surface area (Å²) < 4.78 is 5.30. The Morgan fingerprint density at radius 1 is 1.04 bits per heavy atom. The molecule has 6 atom stereocenters. The Morgan fingerprint density at radius 2 is 1.63 bits per heavy atom. The molecule has 2 amide bonds. The molecule has 1 aromatic carbocycles. The van der Waals surface area contributed by atoms with Gasteiger partial charge in [-0.3, -0.25) is 19.3 Å². The van der Waals surface area contributed by atoms with Crippen molar-refractivity contribution in [2.24, 2.45) is 35.5 Å². The van der Waals surface area contributed by atoms with Crippen molar-refractivity contribution in [3.63, 3.8) is 0 Å². The molecule has 0 aromatic heterocycles. The molecule has 138 valence electrons. The molecule has 5 aliphatic rings. The lowest BCUT2D eigenvalue weighted by atomic mass is 9.63. The number of likely N-dealkylation sites (tertiary alicyclic amines) is 1. The summed E-state index contributed by atoms with van der Waals surface area (Å²) in [5.74, 6) is -0.662. The number of nitrogens with zero attached hydrogens (tertiary/aromatic N) is 1. The third-order valence-corrected chi connectivity index (χ3v) is 6.53. The summed E-state index contributed by atoms with van der Waals surface area (Å²) in [7, 11) is 0. The van der Waals surface area contributed by atoms with Gasteiger partial charge >= 0.3 is 5.97 Å². The van der Waals surface area contributed by atoms with Gasteiger partial charge in [0.15, 0.2) is 5.78 Å². The molecule has 6 nitrogen and oxygen atoms in total. The van der Waals surface area contributed by atoms with Gasteiger partial charge < -0.3 is 4.74 Å². The molecule has 0 spiro atoms. The van der Waals surface area contributed by atoms with Crippen molar-refractivity contribution < 1.29 is 23.9 Å². The van der Waals surface area contributed by atoms with Gasteiger partial charge in [-0.05, 0) is 49.1 Å². The Morgan fingerprint density at radius 3 is 2.22 bits per heavy atom. The normalized spacial score (nSPS) is 35.1. The lowest BCUT2D eigenvalue weighted by Crippen LogP contribution is -2.40. The fraction of sp³-hybridized carbons (Fsp3) is 0.429. The maximum Gasteiger partial charge on any atom is 0.331 e. The molecule has 2 saturated carbocycles. The van der Waals surface area contributed by atoms with Crippen LogP contribution in [0.3, 0.4) is 0 Å². The number of Topliss-reactive ketones (excluding diaryl/α,β-unsaturated/α-hetero) is 1. The van der Waals surface area contributed by atoms with Crippen molar-refractivity contribution in [1.82, 2.24) is 4.90 Å². The second kappa shape index (κ2) is 5.62. The number of carbonyl (C=O) groups is 4. The number of carbonyl (C=O) groups excluding carboxylic acids is 4. The van der Waals surface area contributed by atoms with Crippen molar-refractivity contribution in [3.05, 3.63) is 42.0 Å². The molecule has 6 heteroatoms. The predicted octanol–water partition coefficient (Wildman–Crippen LogP) is 1.85. The first-order valence-electron chi connectivity index (χ1n) is 9.31. The van der Waals surface area contributed by atoms with Gasteiger partial charge in [-0.15, -0.1) is 0 Å². The smallest absolute Gasteiger partial charge is 0.331 e.